The predicted molar refractivity (Wildman–Crippen MR) is 114 cm³/mol. The van der Waals surface area contributed by atoms with Crippen LogP contribution in [0.15, 0.2) is 12.2 Å². The van der Waals surface area contributed by atoms with E-state index >= 15 is 0 Å². The van der Waals surface area contributed by atoms with Gasteiger partial charge in [-0.05, 0) is 43.4 Å². The van der Waals surface area contributed by atoms with Gasteiger partial charge in [0.05, 0.1) is 0 Å². The largest absolute Gasteiger partial charge is 0.479 e. The SMILES string of the molecule is CCCCC(C)(C)CC=C[C@H]1CCC(=O)[C@@H]1CCCCC(C)(C)C(O)C(=O)O. The molecule has 0 bridgehead atoms. The first-order valence-electron chi connectivity index (χ1n) is 11.1. The molecule has 0 aromatic heterocycles. The molecule has 0 aromatic rings. The van der Waals surface area contributed by atoms with E-state index in [0.29, 0.717) is 30.0 Å². The van der Waals surface area contributed by atoms with Gasteiger partial charge in [0.15, 0.2) is 6.10 Å². The van der Waals surface area contributed by atoms with E-state index in [-0.39, 0.29) is 5.92 Å². The van der Waals surface area contributed by atoms with Crippen molar-refractivity contribution in [1.29, 1.82) is 0 Å². The van der Waals surface area contributed by atoms with Gasteiger partial charge < -0.3 is 10.2 Å². The second-order valence-electron chi connectivity index (χ2n) is 10.2. The van der Waals surface area contributed by atoms with Crippen molar-refractivity contribution in [2.75, 3.05) is 0 Å². The van der Waals surface area contributed by atoms with E-state index in [1.54, 1.807) is 13.8 Å². The molecule has 4 heteroatoms. The van der Waals surface area contributed by atoms with Gasteiger partial charge in [-0.2, -0.15) is 0 Å². The van der Waals surface area contributed by atoms with Crippen molar-refractivity contribution in [3.05, 3.63) is 12.2 Å². The molecule has 1 unspecified atom stereocenters. The van der Waals surface area contributed by atoms with Crippen LogP contribution in [-0.2, 0) is 9.59 Å². The smallest absolute Gasteiger partial charge is 0.333 e. The molecule has 0 spiro atoms. The lowest BCUT2D eigenvalue weighted by Gasteiger charge is -2.27. The Balaban J connectivity index is 2.47. The zero-order valence-corrected chi connectivity index (χ0v) is 18.7. The van der Waals surface area contributed by atoms with Crippen molar-refractivity contribution in [3.63, 3.8) is 0 Å². The third kappa shape index (κ3) is 8.06. The third-order valence-corrected chi connectivity index (χ3v) is 6.48. The molecular formula is C24H42O4. The Morgan fingerprint density at radius 3 is 2.46 bits per heavy atom. The molecule has 0 aromatic carbocycles. The molecule has 3 atom stereocenters. The fourth-order valence-electron chi connectivity index (χ4n) is 4.27. The minimum absolute atomic E-state index is 0.113. The Bertz CT molecular complexity index is 533. The Kier molecular flexibility index (Phi) is 9.89. The quantitative estimate of drug-likeness (QED) is 0.307. The number of unbranched alkanes of at least 4 members (excludes halogenated alkanes) is 2. The number of carbonyl (C=O) groups excluding carboxylic acids is 1. The van der Waals surface area contributed by atoms with Crippen molar-refractivity contribution < 1.29 is 19.8 Å². The summed E-state index contributed by atoms with van der Waals surface area (Å²) in [4.78, 5) is 23.3. The lowest BCUT2D eigenvalue weighted by atomic mass is 9.80. The molecule has 28 heavy (non-hydrogen) atoms. The van der Waals surface area contributed by atoms with Crippen molar-refractivity contribution in [2.24, 2.45) is 22.7 Å². The van der Waals surface area contributed by atoms with Gasteiger partial charge in [0.2, 0.25) is 0 Å². The number of rotatable bonds is 13. The van der Waals surface area contributed by atoms with Gasteiger partial charge in [-0.25, -0.2) is 4.79 Å². The lowest BCUT2D eigenvalue weighted by molar-refractivity contribution is -0.153. The first-order chi connectivity index (χ1) is 13.0. The van der Waals surface area contributed by atoms with Crippen molar-refractivity contribution in [1.82, 2.24) is 0 Å². The van der Waals surface area contributed by atoms with Crippen LogP contribution in [0.2, 0.25) is 0 Å². The summed E-state index contributed by atoms with van der Waals surface area (Å²) in [6, 6.07) is 0. The van der Waals surface area contributed by atoms with Crippen molar-refractivity contribution in [3.8, 4) is 0 Å². The van der Waals surface area contributed by atoms with Crippen LogP contribution in [0.1, 0.15) is 98.8 Å². The van der Waals surface area contributed by atoms with E-state index in [9.17, 15) is 14.7 Å². The van der Waals surface area contributed by atoms with Crippen LogP contribution in [0.25, 0.3) is 0 Å². The zero-order valence-electron chi connectivity index (χ0n) is 18.7. The molecule has 0 aliphatic heterocycles. The highest BCUT2D eigenvalue weighted by Gasteiger charge is 2.34. The minimum atomic E-state index is -1.34. The summed E-state index contributed by atoms with van der Waals surface area (Å²) in [5.74, 6) is -0.317. The summed E-state index contributed by atoms with van der Waals surface area (Å²) < 4.78 is 0. The van der Waals surface area contributed by atoms with Gasteiger partial charge in [-0.15, -0.1) is 0 Å². The monoisotopic (exact) mass is 394 g/mol. The summed E-state index contributed by atoms with van der Waals surface area (Å²) in [6.07, 6.45) is 12.9. The van der Waals surface area contributed by atoms with Gasteiger partial charge in [0, 0.05) is 17.8 Å². The summed E-state index contributed by atoms with van der Waals surface area (Å²) in [6.45, 7) is 10.4. The van der Waals surface area contributed by atoms with Crippen LogP contribution in [-0.4, -0.2) is 28.1 Å². The first kappa shape index (κ1) is 24.9. The molecule has 1 saturated carbocycles. The maximum absolute atomic E-state index is 12.3. The normalized spacial score (nSPS) is 22.1. The van der Waals surface area contributed by atoms with Crippen LogP contribution in [0.4, 0.5) is 0 Å². The van der Waals surface area contributed by atoms with Crippen LogP contribution in [0, 0.1) is 22.7 Å². The van der Waals surface area contributed by atoms with Crippen LogP contribution >= 0.6 is 0 Å². The number of carboxylic acid groups (broad SMARTS) is 1. The topological polar surface area (TPSA) is 74.6 Å². The highest BCUT2D eigenvalue weighted by molar-refractivity contribution is 5.83. The standard InChI is InChI=1S/C24H42O4/c1-6-7-15-23(2,3)16-10-11-18-13-14-20(25)19(18)12-8-9-17-24(4,5)21(26)22(27)28/h10-11,18-19,21,26H,6-9,12-17H2,1-5H3,(H,27,28)/t18-,19+,21?/m0/s1. The third-order valence-electron chi connectivity index (χ3n) is 6.48. The molecule has 1 fully saturated rings. The fourth-order valence-corrected chi connectivity index (χ4v) is 4.27. The maximum atomic E-state index is 12.3. The van der Waals surface area contributed by atoms with Crippen molar-refractivity contribution in [2.45, 2.75) is 105 Å². The number of hydrogen-bond acceptors (Lipinski definition) is 3. The zero-order chi connectivity index (χ0) is 21.4. The van der Waals surface area contributed by atoms with E-state index in [0.717, 1.165) is 32.1 Å². The predicted octanol–water partition coefficient (Wildman–Crippen LogP) is 5.78. The van der Waals surface area contributed by atoms with E-state index in [1.165, 1.54) is 19.3 Å². The summed E-state index contributed by atoms with van der Waals surface area (Å²) in [5.41, 5.74) is -0.323. The highest BCUT2D eigenvalue weighted by Crippen LogP contribution is 2.36. The number of carbonyl (C=O) groups is 2. The number of aliphatic hydroxyl groups is 1. The molecule has 162 valence electrons. The van der Waals surface area contributed by atoms with E-state index in [1.807, 2.05) is 0 Å². The number of Topliss-reactive ketones (excluding diaryl/α,β-unsaturated/α-hetero) is 1. The first-order valence-corrected chi connectivity index (χ1v) is 11.1. The molecule has 0 heterocycles. The van der Waals surface area contributed by atoms with E-state index < -0.39 is 17.5 Å². The Labute approximate surface area is 171 Å². The van der Waals surface area contributed by atoms with Gasteiger partial charge in [-0.1, -0.05) is 72.5 Å². The molecule has 4 nitrogen and oxygen atoms in total. The number of allylic oxidation sites excluding steroid dienone is 2. The molecule has 1 aliphatic carbocycles. The van der Waals surface area contributed by atoms with Gasteiger partial charge >= 0.3 is 5.97 Å². The Hall–Kier alpha value is -1.16. The Morgan fingerprint density at radius 1 is 1.18 bits per heavy atom. The van der Waals surface area contributed by atoms with Gasteiger partial charge in [0.25, 0.3) is 0 Å². The molecule has 0 amide bonds. The second-order valence-corrected chi connectivity index (χ2v) is 10.2. The number of carboxylic acids is 1. The van der Waals surface area contributed by atoms with Crippen molar-refractivity contribution >= 4 is 11.8 Å². The van der Waals surface area contributed by atoms with Gasteiger partial charge in [-0.3, -0.25) is 4.79 Å². The average molecular weight is 395 g/mol. The van der Waals surface area contributed by atoms with Crippen LogP contribution in [0.3, 0.4) is 0 Å². The van der Waals surface area contributed by atoms with E-state index in [4.69, 9.17) is 5.11 Å². The van der Waals surface area contributed by atoms with E-state index in [2.05, 4.69) is 32.9 Å². The number of aliphatic hydroxyl groups excluding tert-OH is 1. The van der Waals surface area contributed by atoms with Crippen LogP contribution in [0.5, 0.6) is 0 Å². The Morgan fingerprint density at radius 2 is 1.86 bits per heavy atom. The molecule has 0 radical (unpaired) electrons. The summed E-state index contributed by atoms with van der Waals surface area (Å²) in [7, 11) is 0. The highest BCUT2D eigenvalue weighted by atomic mass is 16.4. The summed E-state index contributed by atoms with van der Waals surface area (Å²) >= 11 is 0. The summed E-state index contributed by atoms with van der Waals surface area (Å²) in [5, 5.41) is 18.8. The number of aliphatic carboxylic acids is 1. The second kappa shape index (κ2) is 11.1. The molecule has 0 saturated heterocycles. The molecule has 1 aliphatic rings. The average Bonchev–Trinajstić information content (AvgIpc) is 2.96. The lowest BCUT2D eigenvalue weighted by Crippen LogP contribution is -2.36. The molecule has 1 rings (SSSR count). The molecule has 2 N–H and O–H groups in total. The number of ketones is 1. The maximum Gasteiger partial charge on any atom is 0.333 e. The molecular weight excluding hydrogens is 352 g/mol. The minimum Gasteiger partial charge on any atom is -0.479 e. The van der Waals surface area contributed by atoms with Crippen LogP contribution < -0.4 is 0 Å². The number of hydrogen-bond donors (Lipinski definition) is 2. The van der Waals surface area contributed by atoms with Gasteiger partial charge in [0.1, 0.15) is 5.78 Å². The fraction of sp³-hybridized carbons (Fsp3) is 0.833.